The molecule has 0 spiro atoms. The molecule has 0 atom stereocenters. The van der Waals surface area contributed by atoms with Crippen LogP contribution in [0.1, 0.15) is 35.2 Å². The van der Waals surface area contributed by atoms with Gasteiger partial charge in [-0.3, -0.25) is 5.32 Å². The van der Waals surface area contributed by atoms with Crippen LogP contribution in [-0.4, -0.2) is 11.0 Å². The predicted octanol–water partition coefficient (Wildman–Crippen LogP) is 1.55. The van der Waals surface area contributed by atoms with Crippen LogP contribution in [0.2, 0.25) is 0 Å². The van der Waals surface area contributed by atoms with E-state index in [1.807, 2.05) is 0 Å². The van der Waals surface area contributed by atoms with Gasteiger partial charge in [-0.2, -0.15) is 0 Å². The number of nitrogens with zero attached hydrogens (tertiary/aromatic N) is 1. The van der Waals surface area contributed by atoms with Gasteiger partial charge >= 0.3 is 6.03 Å². The Hall–Kier alpha value is -1.58. The lowest BCUT2D eigenvalue weighted by atomic mass is 10.0. The highest BCUT2D eigenvalue weighted by Gasteiger charge is 2.25. The lowest BCUT2D eigenvalue weighted by Gasteiger charge is -2.12. The van der Waals surface area contributed by atoms with E-state index in [1.165, 1.54) is 35.2 Å². The Kier molecular flexibility index (Phi) is 2.09. The maximum Gasteiger partial charge on any atom is 0.317 e. The van der Waals surface area contributed by atoms with E-state index in [1.54, 1.807) is 0 Å². The number of pyridine rings is 1. The van der Waals surface area contributed by atoms with Gasteiger partial charge in [-0.15, -0.1) is 0 Å². The fourth-order valence-corrected chi connectivity index (χ4v) is 2.94. The second-order valence-electron chi connectivity index (χ2n) is 4.54. The number of fused-ring (bicyclic) bond motifs is 3. The number of anilines is 1. The summed E-state index contributed by atoms with van der Waals surface area (Å²) in [4.78, 5) is 15.5. The minimum absolute atomic E-state index is 0.514. The number of amides is 2. The Balaban J connectivity index is 2.12. The first-order valence-electron chi connectivity index (χ1n) is 5.85. The summed E-state index contributed by atoms with van der Waals surface area (Å²) in [6, 6.07) is -0.514. The Morgan fingerprint density at radius 1 is 1.06 bits per heavy atom. The van der Waals surface area contributed by atoms with Crippen molar-refractivity contribution in [3.63, 3.8) is 0 Å². The SMILES string of the molecule is NC(=O)Nc1nc2c(c3c1CCC3)CCC2. The average molecular weight is 217 g/mol. The number of aryl methyl sites for hydroxylation is 1. The van der Waals surface area contributed by atoms with Crippen molar-refractivity contribution in [3.8, 4) is 0 Å². The standard InChI is InChI=1S/C12H15N3O/c13-12(16)15-11-9-5-1-3-7(9)8-4-2-6-10(8)14-11/h1-6H2,(H3,13,14,15,16). The molecule has 0 aliphatic heterocycles. The molecule has 0 aromatic carbocycles. The minimum atomic E-state index is -0.514. The fraction of sp³-hybridized carbons (Fsp3) is 0.500. The molecule has 3 rings (SSSR count). The van der Waals surface area contributed by atoms with Crippen molar-refractivity contribution in [2.24, 2.45) is 5.73 Å². The first-order chi connectivity index (χ1) is 7.75. The molecule has 1 aromatic heterocycles. The smallest absolute Gasteiger partial charge is 0.317 e. The van der Waals surface area contributed by atoms with Gasteiger partial charge in [0.1, 0.15) is 5.82 Å². The second-order valence-corrected chi connectivity index (χ2v) is 4.54. The highest BCUT2D eigenvalue weighted by Crippen LogP contribution is 2.35. The molecule has 0 radical (unpaired) electrons. The molecule has 0 saturated heterocycles. The topological polar surface area (TPSA) is 68.0 Å². The molecule has 3 N–H and O–H groups in total. The zero-order valence-electron chi connectivity index (χ0n) is 9.18. The van der Waals surface area contributed by atoms with Crippen LogP contribution in [-0.2, 0) is 25.7 Å². The van der Waals surface area contributed by atoms with E-state index in [4.69, 9.17) is 5.73 Å². The van der Waals surface area contributed by atoms with E-state index in [0.29, 0.717) is 5.82 Å². The number of carbonyl (C=O) groups is 1. The molecule has 1 heterocycles. The molecule has 84 valence electrons. The highest BCUT2D eigenvalue weighted by molar-refractivity contribution is 5.88. The van der Waals surface area contributed by atoms with Crippen LogP contribution in [0.4, 0.5) is 10.6 Å². The molecule has 4 nitrogen and oxygen atoms in total. The van der Waals surface area contributed by atoms with Crippen LogP contribution in [0.3, 0.4) is 0 Å². The third-order valence-corrected chi connectivity index (χ3v) is 3.55. The van der Waals surface area contributed by atoms with Crippen molar-refractivity contribution in [2.45, 2.75) is 38.5 Å². The van der Waals surface area contributed by atoms with E-state index in [2.05, 4.69) is 10.3 Å². The Bertz CT molecular complexity index is 468. The molecule has 2 amide bonds. The first kappa shape index (κ1) is 9.63. The molecule has 4 heteroatoms. The monoisotopic (exact) mass is 217 g/mol. The van der Waals surface area contributed by atoms with Gasteiger partial charge in [-0.05, 0) is 55.2 Å². The number of nitrogens with two attached hydrogens (primary N) is 1. The summed E-state index contributed by atoms with van der Waals surface area (Å²) in [6.45, 7) is 0. The number of nitrogens with one attached hydrogen (secondary N) is 1. The number of aromatic nitrogens is 1. The molecule has 0 fully saturated rings. The van der Waals surface area contributed by atoms with Crippen LogP contribution >= 0.6 is 0 Å². The largest absolute Gasteiger partial charge is 0.351 e. The van der Waals surface area contributed by atoms with Gasteiger partial charge in [0.25, 0.3) is 0 Å². The van der Waals surface area contributed by atoms with Gasteiger partial charge < -0.3 is 5.73 Å². The Morgan fingerprint density at radius 2 is 1.75 bits per heavy atom. The normalized spacial score (nSPS) is 17.0. The highest BCUT2D eigenvalue weighted by atomic mass is 16.2. The maximum atomic E-state index is 10.9. The van der Waals surface area contributed by atoms with Crippen LogP contribution in [0.15, 0.2) is 0 Å². The summed E-state index contributed by atoms with van der Waals surface area (Å²) >= 11 is 0. The van der Waals surface area contributed by atoms with Gasteiger partial charge in [-0.1, -0.05) is 0 Å². The van der Waals surface area contributed by atoms with Crippen molar-refractivity contribution < 1.29 is 4.79 Å². The predicted molar refractivity (Wildman–Crippen MR) is 61.5 cm³/mol. The number of hydrogen-bond acceptors (Lipinski definition) is 2. The zero-order chi connectivity index (χ0) is 11.1. The van der Waals surface area contributed by atoms with Gasteiger partial charge in [0, 0.05) is 5.69 Å². The summed E-state index contributed by atoms with van der Waals surface area (Å²) < 4.78 is 0. The molecule has 0 saturated carbocycles. The number of rotatable bonds is 1. The van der Waals surface area contributed by atoms with E-state index in [9.17, 15) is 4.79 Å². The number of urea groups is 1. The summed E-state index contributed by atoms with van der Waals surface area (Å²) in [6.07, 6.45) is 6.70. The molecular formula is C12H15N3O. The lowest BCUT2D eigenvalue weighted by molar-refractivity contribution is 0.259. The van der Waals surface area contributed by atoms with Gasteiger partial charge in [-0.25, -0.2) is 9.78 Å². The van der Waals surface area contributed by atoms with E-state index < -0.39 is 6.03 Å². The van der Waals surface area contributed by atoms with E-state index in [-0.39, 0.29) is 0 Å². The molecule has 0 bridgehead atoms. The second kappa shape index (κ2) is 3.47. The van der Waals surface area contributed by atoms with E-state index >= 15 is 0 Å². The lowest BCUT2D eigenvalue weighted by Crippen LogP contribution is -2.21. The molecule has 1 aromatic rings. The fourth-order valence-electron chi connectivity index (χ4n) is 2.94. The Labute approximate surface area is 94.2 Å². The van der Waals surface area contributed by atoms with E-state index in [0.717, 1.165) is 25.7 Å². The third kappa shape index (κ3) is 1.37. The number of carbonyl (C=O) groups excluding carboxylic acids is 1. The molecule has 2 aliphatic rings. The zero-order valence-corrected chi connectivity index (χ0v) is 9.18. The van der Waals surface area contributed by atoms with Crippen LogP contribution in [0, 0.1) is 0 Å². The minimum Gasteiger partial charge on any atom is -0.351 e. The molecule has 0 unspecified atom stereocenters. The summed E-state index contributed by atoms with van der Waals surface area (Å²) in [5.41, 5.74) is 10.4. The van der Waals surface area contributed by atoms with Gasteiger partial charge in [0.05, 0.1) is 0 Å². The molecule has 16 heavy (non-hydrogen) atoms. The quantitative estimate of drug-likeness (QED) is 0.749. The summed E-state index contributed by atoms with van der Waals surface area (Å²) in [7, 11) is 0. The maximum absolute atomic E-state index is 10.9. The third-order valence-electron chi connectivity index (χ3n) is 3.55. The van der Waals surface area contributed by atoms with Crippen LogP contribution in [0.25, 0.3) is 0 Å². The van der Waals surface area contributed by atoms with Crippen molar-refractivity contribution in [1.82, 2.24) is 4.98 Å². The number of hydrogen-bond donors (Lipinski definition) is 2. The van der Waals surface area contributed by atoms with Gasteiger partial charge in [0.15, 0.2) is 0 Å². The summed E-state index contributed by atoms with van der Waals surface area (Å²) in [5.74, 6) is 0.709. The van der Waals surface area contributed by atoms with Crippen LogP contribution < -0.4 is 11.1 Å². The van der Waals surface area contributed by atoms with Crippen molar-refractivity contribution in [3.05, 3.63) is 22.4 Å². The van der Waals surface area contributed by atoms with Crippen molar-refractivity contribution in [1.29, 1.82) is 0 Å². The van der Waals surface area contributed by atoms with Crippen molar-refractivity contribution in [2.75, 3.05) is 5.32 Å². The average Bonchev–Trinajstić information content (AvgIpc) is 2.82. The first-order valence-corrected chi connectivity index (χ1v) is 5.85. The Morgan fingerprint density at radius 3 is 2.56 bits per heavy atom. The van der Waals surface area contributed by atoms with Crippen molar-refractivity contribution >= 4 is 11.8 Å². The molecular weight excluding hydrogens is 202 g/mol. The van der Waals surface area contributed by atoms with Gasteiger partial charge in [0.2, 0.25) is 0 Å². The molecule has 2 aliphatic carbocycles. The summed E-state index contributed by atoms with van der Waals surface area (Å²) in [5, 5.41) is 2.66. The van der Waals surface area contributed by atoms with Crippen LogP contribution in [0.5, 0.6) is 0 Å². The number of primary amides is 1.